The van der Waals surface area contributed by atoms with Gasteiger partial charge in [-0.1, -0.05) is 6.07 Å². The Morgan fingerprint density at radius 3 is 2.92 bits per heavy atom. The summed E-state index contributed by atoms with van der Waals surface area (Å²) >= 11 is 0. The molecular formula is C10H10N3. The fraction of sp³-hybridized carbons (Fsp3) is 0.100. The first kappa shape index (κ1) is 8.01. The van der Waals surface area contributed by atoms with Crippen LogP contribution in [-0.2, 0) is 6.54 Å². The highest BCUT2D eigenvalue weighted by atomic mass is 15.0. The van der Waals surface area contributed by atoms with Gasteiger partial charge < -0.3 is 10.3 Å². The van der Waals surface area contributed by atoms with Gasteiger partial charge in [-0.2, -0.15) is 0 Å². The summed E-state index contributed by atoms with van der Waals surface area (Å²) in [6, 6.07) is 8.98. The Morgan fingerprint density at radius 2 is 2.38 bits per heavy atom. The third-order valence-electron chi connectivity index (χ3n) is 1.88. The van der Waals surface area contributed by atoms with Crippen molar-refractivity contribution >= 4 is 0 Å². The van der Waals surface area contributed by atoms with E-state index in [1.807, 2.05) is 29.0 Å². The maximum Gasteiger partial charge on any atom is 0.0991 e. The molecule has 0 unspecified atom stereocenters. The molecule has 0 saturated heterocycles. The molecule has 3 heteroatoms. The van der Waals surface area contributed by atoms with Crippen LogP contribution in [0.25, 0.3) is 5.69 Å². The lowest BCUT2D eigenvalue weighted by Crippen LogP contribution is -1.97. The maximum atomic E-state index is 5.47. The molecule has 0 spiro atoms. The van der Waals surface area contributed by atoms with Crippen molar-refractivity contribution in [3.05, 3.63) is 48.5 Å². The first-order valence-electron chi connectivity index (χ1n) is 4.09. The Bertz CT molecular complexity index is 362. The van der Waals surface area contributed by atoms with Gasteiger partial charge in [0.1, 0.15) is 0 Å². The van der Waals surface area contributed by atoms with Gasteiger partial charge in [-0.3, -0.25) is 0 Å². The predicted molar refractivity (Wildman–Crippen MR) is 50.3 cm³/mol. The van der Waals surface area contributed by atoms with E-state index in [0.29, 0.717) is 6.54 Å². The minimum absolute atomic E-state index is 0.532. The molecule has 1 heterocycles. The van der Waals surface area contributed by atoms with E-state index in [0.717, 1.165) is 11.3 Å². The normalized spacial score (nSPS) is 10.2. The topological polar surface area (TPSA) is 43.8 Å². The monoisotopic (exact) mass is 172 g/mol. The van der Waals surface area contributed by atoms with Gasteiger partial charge in [0.05, 0.1) is 6.33 Å². The van der Waals surface area contributed by atoms with E-state index in [1.54, 1.807) is 12.5 Å². The Kier molecular flexibility index (Phi) is 2.10. The van der Waals surface area contributed by atoms with Crippen LogP contribution in [0.1, 0.15) is 5.56 Å². The van der Waals surface area contributed by atoms with E-state index in [4.69, 9.17) is 5.73 Å². The summed E-state index contributed by atoms with van der Waals surface area (Å²) in [4.78, 5) is 3.97. The lowest BCUT2D eigenvalue weighted by atomic mass is 10.2. The molecule has 0 bridgehead atoms. The molecule has 0 aliphatic heterocycles. The molecule has 0 atom stereocenters. The van der Waals surface area contributed by atoms with Crippen molar-refractivity contribution in [1.29, 1.82) is 0 Å². The number of nitrogens with zero attached hydrogens (tertiary/aromatic N) is 2. The minimum atomic E-state index is 0.532. The molecule has 1 aromatic carbocycles. The summed E-state index contributed by atoms with van der Waals surface area (Å²) in [5, 5.41) is 0. The summed E-state index contributed by atoms with van der Waals surface area (Å²) in [7, 11) is 0. The second-order valence-corrected chi connectivity index (χ2v) is 2.75. The number of hydrogen-bond donors (Lipinski definition) is 1. The molecule has 3 nitrogen and oxygen atoms in total. The first-order chi connectivity index (χ1) is 6.40. The average molecular weight is 172 g/mol. The lowest BCUT2D eigenvalue weighted by molar-refractivity contribution is 1.03. The SMILES string of the molecule is NCc1[c]cc(-n2ccnc2)cc1. The lowest BCUT2D eigenvalue weighted by Gasteiger charge is -2.01. The van der Waals surface area contributed by atoms with E-state index in [-0.39, 0.29) is 0 Å². The van der Waals surface area contributed by atoms with Crippen LogP contribution < -0.4 is 5.73 Å². The zero-order valence-electron chi connectivity index (χ0n) is 7.14. The quantitative estimate of drug-likeness (QED) is 0.738. The number of benzene rings is 1. The fourth-order valence-electron chi connectivity index (χ4n) is 1.15. The van der Waals surface area contributed by atoms with Gasteiger partial charge in [0, 0.05) is 24.6 Å². The molecule has 2 aromatic rings. The summed E-state index contributed by atoms with van der Waals surface area (Å²) in [5.74, 6) is 0. The zero-order valence-corrected chi connectivity index (χ0v) is 7.14. The third kappa shape index (κ3) is 1.60. The molecule has 2 N–H and O–H groups in total. The Labute approximate surface area is 76.8 Å². The average Bonchev–Trinajstić information content (AvgIpc) is 2.71. The van der Waals surface area contributed by atoms with Crippen LogP contribution in [0.15, 0.2) is 36.9 Å². The van der Waals surface area contributed by atoms with Gasteiger partial charge in [0.2, 0.25) is 0 Å². The number of aromatic nitrogens is 2. The van der Waals surface area contributed by atoms with Crippen LogP contribution in [0.3, 0.4) is 0 Å². The summed E-state index contributed by atoms with van der Waals surface area (Å²) in [6.45, 7) is 0.532. The van der Waals surface area contributed by atoms with Crippen LogP contribution in [0, 0.1) is 6.07 Å². The minimum Gasteiger partial charge on any atom is -0.326 e. The van der Waals surface area contributed by atoms with E-state index < -0.39 is 0 Å². The highest BCUT2D eigenvalue weighted by Gasteiger charge is 1.94. The van der Waals surface area contributed by atoms with Gasteiger partial charge in [0.15, 0.2) is 0 Å². The van der Waals surface area contributed by atoms with Gasteiger partial charge in [-0.15, -0.1) is 0 Å². The van der Waals surface area contributed by atoms with Crippen molar-refractivity contribution in [2.75, 3.05) is 0 Å². The van der Waals surface area contributed by atoms with E-state index >= 15 is 0 Å². The Morgan fingerprint density at radius 1 is 1.46 bits per heavy atom. The fourth-order valence-corrected chi connectivity index (χ4v) is 1.15. The highest BCUT2D eigenvalue weighted by molar-refractivity contribution is 5.33. The highest BCUT2D eigenvalue weighted by Crippen LogP contribution is 2.07. The summed E-state index contributed by atoms with van der Waals surface area (Å²) < 4.78 is 1.93. The van der Waals surface area contributed by atoms with Crippen LogP contribution in [0.2, 0.25) is 0 Å². The number of hydrogen-bond acceptors (Lipinski definition) is 2. The van der Waals surface area contributed by atoms with Crippen molar-refractivity contribution in [3.63, 3.8) is 0 Å². The van der Waals surface area contributed by atoms with Crippen molar-refractivity contribution < 1.29 is 0 Å². The zero-order chi connectivity index (χ0) is 9.10. The molecule has 0 aliphatic rings. The largest absolute Gasteiger partial charge is 0.326 e. The standard InChI is InChI=1S/C10H10N3/c11-7-9-1-3-10(4-2-9)13-6-5-12-8-13/h1,3-6,8H,7,11H2. The van der Waals surface area contributed by atoms with Crippen molar-refractivity contribution in [2.45, 2.75) is 6.54 Å². The van der Waals surface area contributed by atoms with Gasteiger partial charge >= 0.3 is 0 Å². The van der Waals surface area contributed by atoms with E-state index in [9.17, 15) is 0 Å². The molecule has 65 valence electrons. The molecule has 2 rings (SSSR count). The van der Waals surface area contributed by atoms with Crippen molar-refractivity contribution in [3.8, 4) is 5.69 Å². The van der Waals surface area contributed by atoms with Gasteiger partial charge in [-0.05, 0) is 23.8 Å². The van der Waals surface area contributed by atoms with Crippen LogP contribution >= 0.6 is 0 Å². The first-order valence-corrected chi connectivity index (χ1v) is 4.09. The molecule has 0 fully saturated rings. The number of rotatable bonds is 2. The van der Waals surface area contributed by atoms with Crippen molar-refractivity contribution in [1.82, 2.24) is 9.55 Å². The number of imidazole rings is 1. The summed E-state index contributed by atoms with van der Waals surface area (Å²) in [6.07, 6.45) is 5.40. The smallest absolute Gasteiger partial charge is 0.0991 e. The van der Waals surface area contributed by atoms with Crippen LogP contribution in [-0.4, -0.2) is 9.55 Å². The Balaban J connectivity index is 2.33. The molecule has 1 aromatic heterocycles. The molecule has 0 saturated carbocycles. The van der Waals surface area contributed by atoms with E-state index in [1.165, 1.54) is 0 Å². The summed E-state index contributed by atoms with van der Waals surface area (Å²) in [5.41, 5.74) is 7.54. The van der Waals surface area contributed by atoms with E-state index in [2.05, 4.69) is 11.1 Å². The second-order valence-electron chi connectivity index (χ2n) is 2.75. The van der Waals surface area contributed by atoms with Crippen LogP contribution in [0.4, 0.5) is 0 Å². The van der Waals surface area contributed by atoms with Gasteiger partial charge in [-0.25, -0.2) is 4.98 Å². The predicted octanol–water partition coefficient (Wildman–Crippen LogP) is 1.13. The molecule has 1 radical (unpaired) electrons. The molecule has 13 heavy (non-hydrogen) atoms. The molecular weight excluding hydrogens is 162 g/mol. The molecule has 0 amide bonds. The Hall–Kier alpha value is -1.61. The third-order valence-corrected chi connectivity index (χ3v) is 1.88. The molecule has 0 aliphatic carbocycles. The number of nitrogens with two attached hydrogens (primary N) is 1. The van der Waals surface area contributed by atoms with Crippen LogP contribution in [0.5, 0.6) is 0 Å². The maximum absolute atomic E-state index is 5.47. The van der Waals surface area contributed by atoms with Crippen molar-refractivity contribution in [2.24, 2.45) is 5.73 Å². The second kappa shape index (κ2) is 3.41. The van der Waals surface area contributed by atoms with Gasteiger partial charge in [0.25, 0.3) is 0 Å².